The number of hydrogen-bond donors (Lipinski definition) is 1. The summed E-state index contributed by atoms with van der Waals surface area (Å²) in [6.07, 6.45) is 2.63. The van der Waals surface area contributed by atoms with Crippen LogP contribution in [0.25, 0.3) is 0 Å². The third kappa shape index (κ3) is 2.04. The topological polar surface area (TPSA) is 15.3 Å². The quantitative estimate of drug-likeness (QED) is 0.825. The van der Waals surface area contributed by atoms with Gasteiger partial charge in [0.25, 0.3) is 0 Å². The molecule has 0 saturated carbocycles. The van der Waals surface area contributed by atoms with Crippen LogP contribution in [0.2, 0.25) is 5.02 Å². The molecule has 17 heavy (non-hydrogen) atoms. The number of aryl methyl sites for hydroxylation is 1. The highest BCUT2D eigenvalue weighted by Gasteiger charge is 2.40. The molecule has 0 radical (unpaired) electrons. The summed E-state index contributed by atoms with van der Waals surface area (Å²) in [7, 11) is 0. The van der Waals surface area contributed by atoms with E-state index in [1.807, 2.05) is 0 Å². The first-order chi connectivity index (χ1) is 8.19. The largest absolute Gasteiger partial charge is 0.371 e. The Morgan fingerprint density at radius 2 is 2.24 bits per heavy atom. The Morgan fingerprint density at radius 3 is 2.94 bits per heavy atom. The smallest absolute Gasteiger partial charge is 0.0455 e. The van der Waals surface area contributed by atoms with Gasteiger partial charge in [-0.2, -0.15) is 0 Å². The fraction of sp³-hybridized carbons (Fsp3) is 0.571. The van der Waals surface area contributed by atoms with Gasteiger partial charge in [0.15, 0.2) is 0 Å². The Bertz CT molecular complexity index is 424. The molecule has 0 aromatic heterocycles. The molecule has 1 aromatic rings. The van der Waals surface area contributed by atoms with E-state index in [-0.39, 0.29) is 0 Å². The van der Waals surface area contributed by atoms with Gasteiger partial charge in [-0.15, -0.1) is 0 Å². The highest BCUT2D eigenvalue weighted by atomic mass is 35.5. The molecule has 3 rings (SSSR count). The molecule has 3 heteroatoms. The normalized spacial score (nSPS) is 28.2. The van der Waals surface area contributed by atoms with Crippen molar-refractivity contribution in [2.45, 2.75) is 19.8 Å². The van der Waals surface area contributed by atoms with Crippen molar-refractivity contribution < 1.29 is 0 Å². The second-order valence-corrected chi connectivity index (χ2v) is 5.94. The van der Waals surface area contributed by atoms with Gasteiger partial charge in [0.05, 0.1) is 0 Å². The van der Waals surface area contributed by atoms with E-state index in [0.29, 0.717) is 5.41 Å². The zero-order chi connectivity index (χ0) is 11.9. The number of hydrogen-bond acceptors (Lipinski definition) is 2. The van der Waals surface area contributed by atoms with Crippen molar-refractivity contribution in [3.8, 4) is 0 Å². The molecule has 2 fully saturated rings. The van der Waals surface area contributed by atoms with Crippen LogP contribution in [0.3, 0.4) is 0 Å². The van der Waals surface area contributed by atoms with Crippen molar-refractivity contribution in [3.63, 3.8) is 0 Å². The van der Waals surface area contributed by atoms with Crippen LogP contribution in [-0.2, 0) is 0 Å². The Labute approximate surface area is 108 Å². The van der Waals surface area contributed by atoms with Crippen LogP contribution in [0.5, 0.6) is 0 Å². The molecule has 1 spiro atoms. The first kappa shape index (κ1) is 11.4. The molecule has 1 aromatic carbocycles. The van der Waals surface area contributed by atoms with Crippen LogP contribution in [0.1, 0.15) is 18.4 Å². The second-order valence-electron chi connectivity index (χ2n) is 5.53. The van der Waals surface area contributed by atoms with E-state index in [9.17, 15) is 0 Å². The fourth-order valence-electron chi connectivity index (χ4n) is 3.08. The Hall–Kier alpha value is -0.730. The first-order valence-electron chi connectivity index (χ1n) is 6.40. The van der Waals surface area contributed by atoms with Gasteiger partial charge in [0.2, 0.25) is 0 Å². The number of rotatable bonds is 1. The molecule has 0 bridgehead atoms. The summed E-state index contributed by atoms with van der Waals surface area (Å²) < 4.78 is 0. The number of nitrogens with zero attached hydrogens (tertiary/aromatic N) is 1. The molecule has 1 atom stereocenters. The number of nitrogens with one attached hydrogen (secondary N) is 1. The minimum absolute atomic E-state index is 0.525. The molecule has 0 amide bonds. The molecule has 2 aliphatic rings. The van der Waals surface area contributed by atoms with E-state index in [1.54, 1.807) is 0 Å². The molecule has 1 N–H and O–H groups in total. The average molecular weight is 251 g/mol. The standard InChI is InChI=1S/C14H19ClN2/c1-11-2-3-12(8-13(11)15)17-7-5-14(10-17)4-6-16-9-14/h2-3,8,16H,4-7,9-10H2,1H3. The van der Waals surface area contributed by atoms with Crippen LogP contribution in [0, 0.1) is 12.3 Å². The number of halogens is 1. The monoisotopic (exact) mass is 250 g/mol. The van der Waals surface area contributed by atoms with Crippen molar-refractivity contribution in [3.05, 3.63) is 28.8 Å². The van der Waals surface area contributed by atoms with Crippen molar-refractivity contribution in [2.75, 3.05) is 31.1 Å². The van der Waals surface area contributed by atoms with E-state index in [4.69, 9.17) is 11.6 Å². The zero-order valence-electron chi connectivity index (χ0n) is 10.3. The van der Waals surface area contributed by atoms with Gasteiger partial charge < -0.3 is 10.2 Å². The van der Waals surface area contributed by atoms with Crippen LogP contribution >= 0.6 is 11.6 Å². The predicted molar refractivity (Wildman–Crippen MR) is 72.9 cm³/mol. The van der Waals surface area contributed by atoms with Crippen molar-refractivity contribution in [1.29, 1.82) is 0 Å². The highest BCUT2D eigenvalue weighted by molar-refractivity contribution is 6.31. The lowest BCUT2D eigenvalue weighted by Gasteiger charge is -2.24. The van der Waals surface area contributed by atoms with Crippen LogP contribution < -0.4 is 10.2 Å². The van der Waals surface area contributed by atoms with Gasteiger partial charge >= 0.3 is 0 Å². The summed E-state index contributed by atoms with van der Waals surface area (Å²) in [6.45, 7) is 6.77. The molecule has 2 heterocycles. The van der Waals surface area contributed by atoms with Gasteiger partial charge in [0.1, 0.15) is 0 Å². The molecule has 2 aliphatic heterocycles. The van der Waals surface area contributed by atoms with Crippen molar-refractivity contribution in [1.82, 2.24) is 5.32 Å². The van der Waals surface area contributed by atoms with Gasteiger partial charge in [-0.25, -0.2) is 0 Å². The van der Waals surface area contributed by atoms with E-state index in [0.717, 1.165) is 10.6 Å². The minimum atomic E-state index is 0.525. The Kier molecular flexibility index (Phi) is 2.80. The summed E-state index contributed by atoms with van der Waals surface area (Å²) >= 11 is 6.20. The van der Waals surface area contributed by atoms with E-state index >= 15 is 0 Å². The molecular weight excluding hydrogens is 232 g/mol. The maximum Gasteiger partial charge on any atom is 0.0455 e. The minimum Gasteiger partial charge on any atom is -0.371 e. The van der Waals surface area contributed by atoms with Gasteiger partial charge in [-0.05, 0) is 44.0 Å². The third-order valence-electron chi connectivity index (χ3n) is 4.29. The second kappa shape index (κ2) is 4.18. The average Bonchev–Trinajstić information content (AvgIpc) is 2.94. The van der Waals surface area contributed by atoms with Crippen molar-refractivity contribution in [2.24, 2.45) is 5.41 Å². The lowest BCUT2D eigenvalue weighted by Crippen LogP contribution is -2.29. The molecule has 1 unspecified atom stereocenters. The zero-order valence-corrected chi connectivity index (χ0v) is 11.1. The molecular formula is C14H19ClN2. The van der Waals surface area contributed by atoms with E-state index < -0.39 is 0 Å². The number of anilines is 1. The molecule has 2 saturated heterocycles. The summed E-state index contributed by atoms with van der Waals surface area (Å²) in [6, 6.07) is 6.43. The SMILES string of the molecule is Cc1ccc(N2CCC3(CCNC3)C2)cc1Cl. The predicted octanol–water partition coefficient (Wildman–Crippen LogP) is 2.84. The summed E-state index contributed by atoms with van der Waals surface area (Å²) in [5, 5.41) is 4.38. The highest BCUT2D eigenvalue weighted by Crippen LogP contribution is 2.38. The summed E-state index contributed by atoms with van der Waals surface area (Å²) in [5.41, 5.74) is 2.97. The maximum atomic E-state index is 6.20. The van der Waals surface area contributed by atoms with Gasteiger partial charge in [-0.3, -0.25) is 0 Å². The summed E-state index contributed by atoms with van der Waals surface area (Å²) in [4.78, 5) is 2.48. The Morgan fingerprint density at radius 1 is 1.35 bits per heavy atom. The first-order valence-corrected chi connectivity index (χ1v) is 6.78. The van der Waals surface area contributed by atoms with Gasteiger partial charge in [-0.1, -0.05) is 17.7 Å². The van der Waals surface area contributed by atoms with Crippen molar-refractivity contribution >= 4 is 17.3 Å². The van der Waals surface area contributed by atoms with E-state index in [2.05, 4.69) is 35.3 Å². The summed E-state index contributed by atoms with van der Waals surface area (Å²) in [5.74, 6) is 0. The Balaban J connectivity index is 1.79. The van der Waals surface area contributed by atoms with Crippen LogP contribution in [0.4, 0.5) is 5.69 Å². The molecule has 2 nitrogen and oxygen atoms in total. The van der Waals surface area contributed by atoms with Crippen LogP contribution in [0.15, 0.2) is 18.2 Å². The number of benzene rings is 1. The lowest BCUT2D eigenvalue weighted by molar-refractivity contribution is 0.369. The van der Waals surface area contributed by atoms with Crippen LogP contribution in [-0.4, -0.2) is 26.2 Å². The fourth-order valence-corrected chi connectivity index (χ4v) is 3.25. The molecule has 0 aliphatic carbocycles. The third-order valence-corrected chi connectivity index (χ3v) is 4.70. The van der Waals surface area contributed by atoms with E-state index in [1.165, 1.54) is 44.7 Å². The van der Waals surface area contributed by atoms with Gasteiger partial charge in [0, 0.05) is 35.8 Å². The lowest BCUT2D eigenvalue weighted by atomic mass is 9.86. The maximum absolute atomic E-state index is 6.20. The molecule has 92 valence electrons.